The van der Waals surface area contributed by atoms with Crippen LogP contribution in [-0.2, 0) is 23.8 Å². The van der Waals surface area contributed by atoms with E-state index in [0.717, 1.165) is 4.68 Å². The highest BCUT2D eigenvalue weighted by Gasteiger charge is 2.27. The van der Waals surface area contributed by atoms with Crippen LogP contribution in [0, 0.1) is 6.92 Å². The Bertz CT molecular complexity index is 1270. The van der Waals surface area contributed by atoms with Gasteiger partial charge in [-0.15, -0.1) is 0 Å². The maximum absolute atomic E-state index is 13.1. The highest BCUT2D eigenvalue weighted by molar-refractivity contribution is 6.05. The van der Waals surface area contributed by atoms with Gasteiger partial charge in [0.1, 0.15) is 11.5 Å². The summed E-state index contributed by atoms with van der Waals surface area (Å²) in [6.07, 6.45) is 5.34. The molecule has 1 amide bonds. The summed E-state index contributed by atoms with van der Waals surface area (Å²) < 4.78 is 15.5. The van der Waals surface area contributed by atoms with Crippen molar-refractivity contribution in [2.24, 2.45) is 0 Å². The fourth-order valence-electron chi connectivity index (χ4n) is 3.19. The van der Waals surface area contributed by atoms with Crippen LogP contribution in [0.25, 0.3) is 10.9 Å². The molecular formula is C22H22N4O7. The number of nitrogens with zero attached hydrogens (tertiary/aromatic N) is 3. The number of hydrogen-bond donors (Lipinski definition) is 1. The minimum atomic E-state index is -0.805. The molecule has 11 nitrogen and oxygen atoms in total. The molecule has 2 heterocycles. The van der Waals surface area contributed by atoms with Gasteiger partial charge in [-0.3, -0.25) is 4.79 Å². The van der Waals surface area contributed by atoms with Crippen molar-refractivity contribution >= 4 is 34.6 Å². The number of methoxy groups -OCH3 is 2. The van der Waals surface area contributed by atoms with Gasteiger partial charge in [-0.1, -0.05) is 6.08 Å². The Hall–Kier alpha value is -4.41. The third kappa shape index (κ3) is 4.61. The number of rotatable bonds is 5. The fraction of sp³-hybridized carbons (Fsp3) is 0.227. The van der Waals surface area contributed by atoms with E-state index in [1.165, 1.54) is 37.5 Å². The molecule has 0 radical (unpaired) electrons. The molecule has 0 saturated heterocycles. The van der Waals surface area contributed by atoms with Crippen LogP contribution in [0.15, 0.2) is 58.7 Å². The second-order valence-electron chi connectivity index (χ2n) is 6.65. The van der Waals surface area contributed by atoms with Crippen LogP contribution in [0.4, 0.5) is 10.5 Å². The van der Waals surface area contributed by atoms with Crippen LogP contribution in [0.3, 0.4) is 0 Å². The molecule has 0 aliphatic carbocycles. The van der Waals surface area contributed by atoms with Gasteiger partial charge in [0, 0.05) is 11.9 Å². The van der Waals surface area contributed by atoms with Crippen molar-refractivity contribution in [3.8, 4) is 0 Å². The number of esters is 2. The smallest absolute Gasteiger partial charge is 0.426 e. The minimum Gasteiger partial charge on any atom is -0.465 e. The SMILES string of the molecule is CCOC(=O)Nn1c(C)nc2ccc(N3C=CC=CC(C(=O)OC)=C3C(=O)OC)cc2c1=O. The lowest BCUT2D eigenvalue weighted by molar-refractivity contribution is -0.139. The molecule has 3 rings (SSSR count). The van der Waals surface area contributed by atoms with E-state index in [0.29, 0.717) is 11.2 Å². The van der Waals surface area contributed by atoms with Gasteiger partial charge in [0.05, 0.1) is 37.3 Å². The van der Waals surface area contributed by atoms with Gasteiger partial charge in [0.15, 0.2) is 0 Å². The quantitative estimate of drug-likeness (QED) is 0.532. The lowest BCUT2D eigenvalue weighted by Crippen LogP contribution is -2.36. The average molecular weight is 454 g/mol. The monoisotopic (exact) mass is 454 g/mol. The number of nitrogens with one attached hydrogen (secondary N) is 1. The second-order valence-corrected chi connectivity index (χ2v) is 6.65. The van der Waals surface area contributed by atoms with E-state index in [1.54, 1.807) is 38.1 Å². The fourth-order valence-corrected chi connectivity index (χ4v) is 3.19. The predicted octanol–water partition coefficient (Wildman–Crippen LogP) is 1.89. The number of aryl methyl sites for hydroxylation is 1. The summed E-state index contributed by atoms with van der Waals surface area (Å²) in [7, 11) is 2.39. The van der Waals surface area contributed by atoms with E-state index in [2.05, 4.69) is 10.4 Å². The molecule has 0 fully saturated rings. The molecule has 0 saturated carbocycles. The lowest BCUT2D eigenvalue weighted by atomic mass is 10.1. The Morgan fingerprint density at radius 2 is 1.82 bits per heavy atom. The minimum absolute atomic E-state index is 0.0298. The number of aromatic nitrogens is 2. The number of carbonyl (C=O) groups excluding carboxylic acids is 3. The van der Waals surface area contributed by atoms with Crippen molar-refractivity contribution in [1.82, 2.24) is 9.66 Å². The zero-order valence-corrected chi connectivity index (χ0v) is 18.4. The number of anilines is 1. The largest absolute Gasteiger partial charge is 0.465 e. The Balaban J connectivity index is 2.19. The predicted molar refractivity (Wildman–Crippen MR) is 119 cm³/mol. The summed E-state index contributed by atoms with van der Waals surface area (Å²) in [5.41, 5.74) is 2.40. The number of carbonyl (C=O) groups is 3. The summed E-state index contributed by atoms with van der Waals surface area (Å²) in [4.78, 5) is 55.6. The van der Waals surface area contributed by atoms with Crippen LogP contribution >= 0.6 is 0 Å². The summed E-state index contributed by atoms with van der Waals surface area (Å²) in [6, 6.07) is 4.71. The number of ether oxygens (including phenoxy) is 3. The van der Waals surface area contributed by atoms with Crippen LogP contribution < -0.4 is 15.9 Å². The first-order chi connectivity index (χ1) is 15.8. The van der Waals surface area contributed by atoms with E-state index in [9.17, 15) is 19.2 Å². The van der Waals surface area contributed by atoms with E-state index < -0.39 is 23.6 Å². The Morgan fingerprint density at radius 3 is 2.48 bits per heavy atom. The summed E-state index contributed by atoms with van der Waals surface area (Å²) in [6.45, 7) is 3.33. The van der Waals surface area contributed by atoms with Crippen LogP contribution in [-0.4, -0.2) is 48.5 Å². The Kier molecular flexibility index (Phi) is 6.91. The van der Waals surface area contributed by atoms with Gasteiger partial charge in [-0.2, -0.15) is 4.68 Å². The van der Waals surface area contributed by atoms with E-state index in [1.807, 2.05) is 0 Å². The molecule has 1 aliphatic rings. The van der Waals surface area contributed by atoms with Crippen molar-refractivity contribution in [1.29, 1.82) is 0 Å². The number of hydrogen-bond acceptors (Lipinski definition) is 9. The van der Waals surface area contributed by atoms with Crippen molar-refractivity contribution in [2.45, 2.75) is 13.8 Å². The molecular weight excluding hydrogens is 432 g/mol. The van der Waals surface area contributed by atoms with Gasteiger partial charge >= 0.3 is 18.0 Å². The molecule has 33 heavy (non-hydrogen) atoms. The first-order valence-corrected chi connectivity index (χ1v) is 9.84. The molecule has 0 atom stereocenters. The third-order valence-corrected chi connectivity index (χ3v) is 4.67. The molecule has 11 heteroatoms. The summed E-state index contributed by atoms with van der Waals surface area (Å²) >= 11 is 0. The molecule has 172 valence electrons. The second kappa shape index (κ2) is 9.81. The third-order valence-electron chi connectivity index (χ3n) is 4.67. The molecule has 1 aromatic heterocycles. The van der Waals surface area contributed by atoms with E-state index in [4.69, 9.17) is 14.2 Å². The number of amides is 1. The van der Waals surface area contributed by atoms with Crippen LogP contribution in [0.1, 0.15) is 12.7 Å². The van der Waals surface area contributed by atoms with E-state index in [-0.39, 0.29) is 29.1 Å². The maximum atomic E-state index is 13.1. The molecule has 1 N–H and O–H groups in total. The van der Waals surface area contributed by atoms with Crippen molar-refractivity contribution in [3.05, 3.63) is 70.1 Å². The van der Waals surface area contributed by atoms with Gasteiger partial charge in [-0.25, -0.2) is 24.8 Å². The van der Waals surface area contributed by atoms with Gasteiger partial charge in [0.25, 0.3) is 5.56 Å². The van der Waals surface area contributed by atoms with Crippen molar-refractivity contribution in [2.75, 3.05) is 31.2 Å². The number of allylic oxidation sites excluding steroid dienone is 2. The molecule has 1 aliphatic heterocycles. The normalized spacial score (nSPS) is 13.0. The molecule has 1 aromatic carbocycles. The van der Waals surface area contributed by atoms with Gasteiger partial charge < -0.3 is 19.1 Å². The van der Waals surface area contributed by atoms with Crippen molar-refractivity contribution < 1.29 is 28.6 Å². The Labute approximate surface area is 188 Å². The zero-order chi connectivity index (χ0) is 24.1. The number of benzene rings is 1. The van der Waals surface area contributed by atoms with Crippen LogP contribution in [0.5, 0.6) is 0 Å². The first kappa shape index (κ1) is 23.3. The summed E-state index contributed by atoms with van der Waals surface area (Å²) in [5.74, 6) is -1.27. The zero-order valence-electron chi connectivity index (χ0n) is 18.4. The standard InChI is InChI=1S/C22H22N4O7/c1-5-33-22(30)24-26-13(2)23-17-10-9-14(12-16(17)19(26)27)25-11-7-6-8-15(20(28)31-3)18(25)21(29)32-4/h6-12H,5H2,1-4H3,(H,24,30). The van der Waals surface area contributed by atoms with Crippen molar-refractivity contribution in [3.63, 3.8) is 0 Å². The van der Waals surface area contributed by atoms with Gasteiger partial charge in [0.2, 0.25) is 0 Å². The highest BCUT2D eigenvalue weighted by atomic mass is 16.6. The number of fused-ring (bicyclic) bond motifs is 1. The summed E-state index contributed by atoms with van der Waals surface area (Å²) in [5, 5.41) is 0.157. The maximum Gasteiger partial charge on any atom is 0.426 e. The molecule has 0 bridgehead atoms. The molecule has 0 spiro atoms. The first-order valence-electron chi connectivity index (χ1n) is 9.84. The van der Waals surface area contributed by atoms with Crippen LogP contribution in [0.2, 0.25) is 0 Å². The topological polar surface area (TPSA) is 129 Å². The highest BCUT2D eigenvalue weighted by Crippen LogP contribution is 2.28. The average Bonchev–Trinajstić information content (AvgIpc) is 3.04. The molecule has 2 aromatic rings. The van der Waals surface area contributed by atoms with Gasteiger partial charge in [-0.05, 0) is 44.2 Å². The lowest BCUT2D eigenvalue weighted by Gasteiger charge is -2.23. The Morgan fingerprint density at radius 1 is 1.09 bits per heavy atom. The van der Waals surface area contributed by atoms with E-state index >= 15 is 0 Å². The molecule has 0 unspecified atom stereocenters.